The SMILES string of the molecule is Cn1nc(N2C3CCC2CN(C(=O)c2ccccc2-n2nccn2)C3)c2ccccc21. The number of piperazine rings is 1. The average Bonchev–Trinajstić information content (AvgIpc) is 3.51. The van der Waals surface area contributed by atoms with E-state index in [0.29, 0.717) is 24.3 Å². The van der Waals surface area contributed by atoms with Crippen LogP contribution in [0.2, 0.25) is 0 Å². The summed E-state index contributed by atoms with van der Waals surface area (Å²) < 4.78 is 1.95. The Morgan fingerprint density at radius 1 is 0.935 bits per heavy atom. The number of benzene rings is 2. The lowest BCUT2D eigenvalue weighted by molar-refractivity contribution is 0.0717. The molecule has 1 amide bonds. The fourth-order valence-electron chi connectivity index (χ4n) is 5.14. The number of likely N-dealkylation sites (tertiary alicyclic amines) is 1. The summed E-state index contributed by atoms with van der Waals surface area (Å²) in [7, 11) is 1.99. The molecule has 2 aromatic carbocycles. The molecule has 4 heterocycles. The van der Waals surface area contributed by atoms with Crippen LogP contribution >= 0.6 is 0 Å². The minimum Gasteiger partial charge on any atom is -0.345 e. The summed E-state index contributed by atoms with van der Waals surface area (Å²) in [4.78, 5) is 19.5. The van der Waals surface area contributed by atoms with Crippen LogP contribution in [0.4, 0.5) is 5.82 Å². The van der Waals surface area contributed by atoms with Crippen LogP contribution in [0.1, 0.15) is 23.2 Å². The lowest BCUT2D eigenvalue weighted by Gasteiger charge is -2.41. The Labute approximate surface area is 179 Å². The van der Waals surface area contributed by atoms with Gasteiger partial charge in [-0.3, -0.25) is 9.48 Å². The molecule has 2 unspecified atom stereocenters. The second-order valence-corrected chi connectivity index (χ2v) is 8.30. The Bertz CT molecular complexity index is 1250. The van der Waals surface area contributed by atoms with Gasteiger partial charge in [0.1, 0.15) is 0 Å². The van der Waals surface area contributed by atoms with Gasteiger partial charge in [-0.2, -0.15) is 20.1 Å². The number of carbonyl (C=O) groups is 1. The summed E-state index contributed by atoms with van der Waals surface area (Å²) in [5.74, 6) is 1.08. The maximum absolute atomic E-state index is 13.5. The first-order chi connectivity index (χ1) is 15.2. The molecule has 4 aromatic rings. The van der Waals surface area contributed by atoms with Gasteiger partial charge < -0.3 is 9.80 Å². The van der Waals surface area contributed by atoms with E-state index in [0.717, 1.165) is 24.2 Å². The van der Waals surface area contributed by atoms with Crippen molar-refractivity contribution in [1.29, 1.82) is 0 Å². The maximum Gasteiger partial charge on any atom is 0.256 e. The monoisotopic (exact) mass is 413 g/mol. The van der Waals surface area contributed by atoms with Crippen molar-refractivity contribution in [3.8, 4) is 5.69 Å². The Kier molecular flexibility index (Phi) is 4.05. The van der Waals surface area contributed by atoms with Crippen LogP contribution in [0.25, 0.3) is 16.6 Å². The Morgan fingerprint density at radius 2 is 1.61 bits per heavy atom. The van der Waals surface area contributed by atoms with Crippen LogP contribution in [0.3, 0.4) is 0 Å². The molecule has 0 saturated carbocycles. The van der Waals surface area contributed by atoms with Crippen LogP contribution in [0.5, 0.6) is 0 Å². The number of hydrogen-bond acceptors (Lipinski definition) is 5. The average molecular weight is 413 g/mol. The second-order valence-electron chi connectivity index (χ2n) is 8.30. The standard InChI is InChI=1S/C23H23N7O/c1-27-20-8-4-2-6-18(20)22(26-27)29-16-10-11-17(29)15-28(14-16)23(31)19-7-3-5-9-21(19)30-24-12-13-25-30/h2-9,12-13,16-17H,10-11,14-15H2,1H3. The first-order valence-corrected chi connectivity index (χ1v) is 10.7. The lowest BCUT2D eigenvalue weighted by atomic mass is 10.1. The highest BCUT2D eigenvalue weighted by molar-refractivity contribution is 5.98. The van der Waals surface area contributed by atoms with Gasteiger partial charge in [-0.1, -0.05) is 24.3 Å². The van der Waals surface area contributed by atoms with E-state index in [1.165, 1.54) is 10.2 Å². The van der Waals surface area contributed by atoms with Gasteiger partial charge in [0.25, 0.3) is 5.91 Å². The van der Waals surface area contributed by atoms with E-state index in [-0.39, 0.29) is 18.0 Å². The summed E-state index contributed by atoms with van der Waals surface area (Å²) in [5.41, 5.74) is 2.48. The van der Waals surface area contributed by atoms with Crippen molar-refractivity contribution in [1.82, 2.24) is 29.7 Å². The second kappa shape index (κ2) is 6.94. The highest BCUT2D eigenvalue weighted by Crippen LogP contribution is 2.38. The molecule has 0 spiro atoms. The molecule has 0 aliphatic carbocycles. The Balaban J connectivity index is 1.31. The van der Waals surface area contributed by atoms with Crippen LogP contribution in [0.15, 0.2) is 60.9 Å². The van der Waals surface area contributed by atoms with E-state index < -0.39 is 0 Å². The van der Waals surface area contributed by atoms with Crippen molar-refractivity contribution in [2.75, 3.05) is 18.0 Å². The number of aromatic nitrogens is 5. The third kappa shape index (κ3) is 2.82. The summed E-state index contributed by atoms with van der Waals surface area (Å²) in [5, 5.41) is 14.5. The number of para-hydroxylation sites is 2. The predicted molar refractivity (Wildman–Crippen MR) is 117 cm³/mol. The van der Waals surface area contributed by atoms with Gasteiger partial charge in [-0.15, -0.1) is 0 Å². The van der Waals surface area contributed by atoms with Crippen LogP contribution in [-0.2, 0) is 7.05 Å². The number of anilines is 1. The molecular weight excluding hydrogens is 390 g/mol. The van der Waals surface area contributed by atoms with Crippen molar-refractivity contribution in [2.45, 2.75) is 24.9 Å². The summed E-state index contributed by atoms with van der Waals surface area (Å²) in [6.45, 7) is 1.39. The van der Waals surface area contributed by atoms with E-state index in [2.05, 4.69) is 33.3 Å². The highest BCUT2D eigenvalue weighted by Gasteiger charge is 2.43. The van der Waals surface area contributed by atoms with Gasteiger partial charge in [0.15, 0.2) is 5.82 Å². The number of rotatable bonds is 3. The lowest BCUT2D eigenvalue weighted by Crippen LogP contribution is -2.55. The van der Waals surface area contributed by atoms with Crippen molar-refractivity contribution in [3.63, 3.8) is 0 Å². The maximum atomic E-state index is 13.5. The van der Waals surface area contributed by atoms with Crippen LogP contribution in [-0.4, -0.2) is 60.8 Å². The van der Waals surface area contributed by atoms with Crippen molar-refractivity contribution < 1.29 is 4.79 Å². The largest absolute Gasteiger partial charge is 0.345 e. The molecule has 31 heavy (non-hydrogen) atoms. The van der Waals surface area contributed by atoms with Gasteiger partial charge in [0.05, 0.1) is 29.2 Å². The van der Waals surface area contributed by atoms with Crippen LogP contribution < -0.4 is 4.90 Å². The fourth-order valence-corrected chi connectivity index (χ4v) is 5.14. The number of amides is 1. The molecular formula is C23H23N7O. The van der Waals surface area contributed by atoms with E-state index in [9.17, 15) is 4.79 Å². The minimum absolute atomic E-state index is 0.0373. The number of nitrogens with zero attached hydrogens (tertiary/aromatic N) is 7. The summed E-state index contributed by atoms with van der Waals surface area (Å²) >= 11 is 0. The van der Waals surface area contributed by atoms with Gasteiger partial charge >= 0.3 is 0 Å². The molecule has 156 valence electrons. The zero-order chi connectivity index (χ0) is 20.9. The van der Waals surface area contributed by atoms with Gasteiger partial charge in [-0.05, 0) is 37.1 Å². The van der Waals surface area contributed by atoms with E-state index in [1.54, 1.807) is 12.4 Å². The first-order valence-electron chi connectivity index (χ1n) is 10.7. The molecule has 0 radical (unpaired) electrons. The highest BCUT2D eigenvalue weighted by atomic mass is 16.2. The van der Waals surface area contributed by atoms with Crippen molar-refractivity contribution in [2.24, 2.45) is 7.05 Å². The normalized spacial score (nSPS) is 20.5. The van der Waals surface area contributed by atoms with Gasteiger partial charge in [-0.25, -0.2) is 0 Å². The van der Waals surface area contributed by atoms with Crippen LogP contribution in [0, 0.1) is 0 Å². The quantitative estimate of drug-likeness (QED) is 0.516. The van der Waals surface area contributed by atoms with E-state index in [1.807, 2.05) is 47.0 Å². The van der Waals surface area contributed by atoms with Gasteiger partial charge in [0.2, 0.25) is 0 Å². The zero-order valence-corrected chi connectivity index (χ0v) is 17.3. The Hall–Kier alpha value is -3.68. The molecule has 2 aliphatic rings. The first kappa shape index (κ1) is 18.1. The number of aryl methyl sites for hydroxylation is 1. The zero-order valence-electron chi connectivity index (χ0n) is 17.3. The third-order valence-corrected chi connectivity index (χ3v) is 6.52. The Morgan fingerprint density at radius 3 is 2.39 bits per heavy atom. The van der Waals surface area contributed by atoms with Crippen molar-refractivity contribution in [3.05, 3.63) is 66.5 Å². The van der Waals surface area contributed by atoms with E-state index in [4.69, 9.17) is 5.10 Å². The molecule has 2 aliphatic heterocycles. The summed E-state index contributed by atoms with van der Waals surface area (Å²) in [6, 6.07) is 16.5. The molecule has 2 aromatic heterocycles. The third-order valence-electron chi connectivity index (χ3n) is 6.52. The number of hydrogen-bond donors (Lipinski definition) is 0. The molecule has 2 atom stereocenters. The molecule has 0 N–H and O–H groups in total. The smallest absolute Gasteiger partial charge is 0.256 e. The number of fused-ring (bicyclic) bond motifs is 3. The van der Waals surface area contributed by atoms with E-state index >= 15 is 0 Å². The predicted octanol–water partition coefficient (Wildman–Crippen LogP) is 2.65. The fraction of sp³-hybridized carbons (Fsp3) is 0.304. The molecule has 8 nitrogen and oxygen atoms in total. The minimum atomic E-state index is 0.0373. The topological polar surface area (TPSA) is 72.1 Å². The molecule has 2 saturated heterocycles. The molecule has 2 bridgehead atoms. The molecule has 8 heteroatoms. The summed E-state index contributed by atoms with van der Waals surface area (Å²) in [6.07, 6.45) is 5.39. The molecule has 2 fully saturated rings. The molecule has 6 rings (SSSR count). The van der Waals surface area contributed by atoms with Gasteiger partial charge in [0, 0.05) is 37.6 Å². The number of carbonyl (C=O) groups excluding carboxylic acids is 1. The van der Waals surface area contributed by atoms with Crippen molar-refractivity contribution >= 4 is 22.6 Å².